The van der Waals surface area contributed by atoms with Gasteiger partial charge in [-0.3, -0.25) is 10.1 Å². The van der Waals surface area contributed by atoms with E-state index in [-0.39, 0.29) is 11.4 Å². The van der Waals surface area contributed by atoms with Crippen LogP contribution in [0.5, 0.6) is 0 Å². The highest BCUT2D eigenvalue weighted by Crippen LogP contribution is 2.31. The van der Waals surface area contributed by atoms with Crippen LogP contribution < -0.4 is 5.73 Å². The standard InChI is InChI=1S/C12H8Cl2N4O2/c13-7-1-3-9(14)11(5-7)17-16-8-2-4-10(15)12(6-8)18(19)20/h1-6H,15H2. The van der Waals surface area contributed by atoms with E-state index in [2.05, 4.69) is 10.2 Å². The maximum absolute atomic E-state index is 10.8. The number of azo groups is 1. The van der Waals surface area contributed by atoms with E-state index in [4.69, 9.17) is 28.9 Å². The molecule has 2 rings (SSSR count). The van der Waals surface area contributed by atoms with Gasteiger partial charge >= 0.3 is 0 Å². The van der Waals surface area contributed by atoms with E-state index in [0.717, 1.165) is 0 Å². The summed E-state index contributed by atoms with van der Waals surface area (Å²) >= 11 is 11.7. The molecule has 0 aromatic heterocycles. The molecule has 0 amide bonds. The molecular formula is C12H8Cl2N4O2. The van der Waals surface area contributed by atoms with Gasteiger partial charge in [-0.15, -0.1) is 5.11 Å². The van der Waals surface area contributed by atoms with Crippen LogP contribution in [0.3, 0.4) is 0 Å². The SMILES string of the molecule is Nc1ccc(N=Nc2cc(Cl)ccc2Cl)cc1[N+](=O)[O-]. The molecular weight excluding hydrogens is 303 g/mol. The number of nitrogen functional groups attached to an aromatic ring is 1. The van der Waals surface area contributed by atoms with E-state index in [1.165, 1.54) is 18.2 Å². The number of hydrogen-bond acceptors (Lipinski definition) is 5. The minimum Gasteiger partial charge on any atom is -0.393 e. The van der Waals surface area contributed by atoms with E-state index >= 15 is 0 Å². The van der Waals surface area contributed by atoms with Crippen molar-refractivity contribution in [2.45, 2.75) is 0 Å². The molecule has 0 fully saturated rings. The second-order valence-corrected chi connectivity index (χ2v) is 4.64. The van der Waals surface area contributed by atoms with Crippen LogP contribution >= 0.6 is 23.2 Å². The van der Waals surface area contributed by atoms with Gasteiger partial charge in [-0.2, -0.15) is 5.11 Å². The summed E-state index contributed by atoms with van der Waals surface area (Å²) in [6.45, 7) is 0. The summed E-state index contributed by atoms with van der Waals surface area (Å²) in [6.07, 6.45) is 0. The highest BCUT2D eigenvalue weighted by molar-refractivity contribution is 6.35. The first-order chi connectivity index (χ1) is 9.47. The summed E-state index contributed by atoms with van der Waals surface area (Å²) < 4.78 is 0. The zero-order valence-electron chi connectivity index (χ0n) is 9.96. The van der Waals surface area contributed by atoms with Crippen molar-refractivity contribution in [3.8, 4) is 0 Å². The summed E-state index contributed by atoms with van der Waals surface area (Å²) in [5.41, 5.74) is 6.00. The lowest BCUT2D eigenvalue weighted by atomic mass is 10.2. The van der Waals surface area contributed by atoms with Crippen molar-refractivity contribution >= 4 is 46.0 Å². The number of nitrogens with two attached hydrogens (primary N) is 1. The summed E-state index contributed by atoms with van der Waals surface area (Å²) in [7, 11) is 0. The van der Waals surface area contributed by atoms with Crippen molar-refractivity contribution in [2.24, 2.45) is 10.2 Å². The Morgan fingerprint density at radius 1 is 1.10 bits per heavy atom. The summed E-state index contributed by atoms with van der Waals surface area (Å²) in [6, 6.07) is 8.90. The summed E-state index contributed by atoms with van der Waals surface area (Å²) in [5.74, 6) is 0. The van der Waals surface area contributed by atoms with Crippen molar-refractivity contribution in [1.29, 1.82) is 0 Å². The number of nitrogens with zero attached hydrogens (tertiary/aromatic N) is 3. The van der Waals surface area contributed by atoms with E-state index in [9.17, 15) is 10.1 Å². The van der Waals surface area contributed by atoms with E-state index in [0.29, 0.717) is 21.4 Å². The molecule has 8 heteroatoms. The topological polar surface area (TPSA) is 93.9 Å². The van der Waals surface area contributed by atoms with E-state index in [1.807, 2.05) is 0 Å². The van der Waals surface area contributed by atoms with Crippen LogP contribution in [0.25, 0.3) is 0 Å². The number of halogens is 2. The van der Waals surface area contributed by atoms with Gasteiger partial charge in [-0.05, 0) is 30.3 Å². The predicted octanol–water partition coefficient (Wildman–Crippen LogP) is 4.90. The third kappa shape index (κ3) is 3.23. The zero-order valence-corrected chi connectivity index (χ0v) is 11.5. The molecule has 20 heavy (non-hydrogen) atoms. The Hall–Kier alpha value is -2.18. The van der Waals surface area contributed by atoms with Crippen LogP contribution in [0.4, 0.5) is 22.7 Å². The fraction of sp³-hybridized carbons (Fsp3) is 0. The maximum Gasteiger partial charge on any atom is 0.294 e. The first-order valence-corrected chi connectivity index (χ1v) is 6.13. The third-order valence-electron chi connectivity index (χ3n) is 2.39. The average molecular weight is 311 g/mol. The molecule has 0 atom stereocenters. The van der Waals surface area contributed by atoms with Gasteiger partial charge in [0.1, 0.15) is 11.4 Å². The van der Waals surface area contributed by atoms with E-state index in [1.54, 1.807) is 18.2 Å². The minimum atomic E-state index is -0.583. The first kappa shape index (κ1) is 14.2. The number of rotatable bonds is 3. The van der Waals surface area contributed by atoms with Crippen molar-refractivity contribution in [1.82, 2.24) is 0 Å². The molecule has 0 radical (unpaired) electrons. The number of anilines is 1. The lowest BCUT2D eigenvalue weighted by Crippen LogP contribution is -1.94. The van der Waals surface area contributed by atoms with Crippen LogP contribution in [0, 0.1) is 10.1 Å². The third-order valence-corrected chi connectivity index (χ3v) is 2.95. The van der Waals surface area contributed by atoms with Gasteiger partial charge in [0.05, 0.1) is 15.6 Å². The van der Waals surface area contributed by atoms with Crippen molar-refractivity contribution in [2.75, 3.05) is 5.73 Å². The van der Waals surface area contributed by atoms with Crippen LogP contribution in [0.15, 0.2) is 46.6 Å². The molecule has 2 aromatic rings. The molecule has 0 bridgehead atoms. The number of nitro benzene ring substituents is 1. The Morgan fingerprint density at radius 2 is 1.85 bits per heavy atom. The normalized spacial score (nSPS) is 10.9. The quantitative estimate of drug-likeness (QED) is 0.378. The predicted molar refractivity (Wildman–Crippen MR) is 78.1 cm³/mol. The van der Waals surface area contributed by atoms with Crippen LogP contribution in [-0.4, -0.2) is 4.92 Å². The Morgan fingerprint density at radius 3 is 2.55 bits per heavy atom. The molecule has 0 unspecified atom stereocenters. The van der Waals surface area contributed by atoms with Gasteiger partial charge in [-0.1, -0.05) is 23.2 Å². The van der Waals surface area contributed by atoms with E-state index < -0.39 is 4.92 Å². The zero-order chi connectivity index (χ0) is 14.7. The Kier molecular flexibility index (Phi) is 4.16. The van der Waals surface area contributed by atoms with Gasteiger partial charge < -0.3 is 5.73 Å². The van der Waals surface area contributed by atoms with Crippen LogP contribution in [-0.2, 0) is 0 Å². The van der Waals surface area contributed by atoms with Gasteiger partial charge in [0.25, 0.3) is 5.69 Å². The number of nitro groups is 1. The van der Waals surface area contributed by atoms with Crippen molar-refractivity contribution < 1.29 is 4.92 Å². The Balaban J connectivity index is 2.34. The number of hydrogen-bond donors (Lipinski definition) is 1. The van der Waals surface area contributed by atoms with Gasteiger partial charge in [0.2, 0.25) is 0 Å². The highest BCUT2D eigenvalue weighted by atomic mass is 35.5. The molecule has 0 aliphatic rings. The fourth-order valence-electron chi connectivity index (χ4n) is 1.43. The van der Waals surface area contributed by atoms with Gasteiger partial charge in [-0.25, -0.2) is 0 Å². The van der Waals surface area contributed by atoms with Crippen molar-refractivity contribution in [3.63, 3.8) is 0 Å². The lowest BCUT2D eigenvalue weighted by molar-refractivity contribution is -0.383. The molecule has 0 heterocycles. The van der Waals surface area contributed by atoms with Crippen LogP contribution in [0.1, 0.15) is 0 Å². The molecule has 2 aromatic carbocycles. The minimum absolute atomic E-state index is 0.0646. The molecule has 102 valence electrons. The monoisotopic (exact) mass is 310 g/mol. The maximum atomic E-state index is 10.8. The summed E-state index contributed by atoms with van der Waals surface area (Å²) in [4.78, 5) is 10.2. The molecule has 0 saturated carbocycles. The largest absolute Gasteiger partial charge is 0.393 e. The average Bonchev–Trinajstić information content (AvgIpc) is 2.41. The second-order valence-electron chi connectivity index (χ2n) is 3.80. The van der Waals surface area contributed by atoms with Gasteiger partial charge in [0.15, 0.2) is 0 Å². The smallest absolute Gasteiger partial charge is 0.294 e. The second kappa shape index (κ2) is 5.85. The molecule has 0 saturated heterocycles. The first-order valence-electron chi connectivity index (χ1n) is 5.38. The van der Waals surface area contributed by atoms with Crippen molar-refractivity contribution in [3.05, 3.63) is 56.6 Å². The van der Waals surface area contributed by atoms with Gasteiger partial charge in [0, 0.05) is 11.1 Å². The molecule has 0 spiro atoms. The lowest BCUT2D eigenvalue weighted by Gasteiger charge is -1.99. The summed E-state index contributed by atoms with van der Waals surface area (Å²) in [5, 5.41) is 19.4. The Labute approximate surface area is 124 Å². The molecule has 6 nitrogen and oxygen atoms in total. The van der Waals surface area contributed by atoms with Crippen LogP contribution in [0.2, 0.25) is 10.0 Å². The Bertz CT molecular complexity index is 704. The molecule has 0 aliphatic carbocycles. The highest BCUT2D eigenvalue weighted by Gasteiger charge is 2.11. The fourth-order valence-corrected chi connectivity index (χ4v) is 1.75. The number of benzene rings is 2. The molecule has 0 aliphatic heterocycles. The molecule has 2 N–H and O–H groups in total.